The first-order valence-electron chi connectivity index (χ1n) is 6.05. The number of hydrogen-bond acceptors (Lipinski definition) is 6. The number of nitrogens with zero attached hydrogens (tertiary/aromatic N) is 4. The highest BCUT2D eigenvalue weighted by molar-refractivity contribution is 6.31. The van der Waals surface area contributed by atoms with Gasteiger partial charge in [0.25, 0.3) is 0 Å². The minimum atomic E-state index is 0.163. The summed E-state index contributed by atoms with van der Waals surface area (Å²) in [4.78, 5) is 12.2. The van der Waals surface area contributed by atoms with Crippen LogP contribution in [0.25, 0.3) is 0 Å². The zero-order valence-corrected chi connectivity index (χ0v) is 11.1. The quantitative estimate of drug-likeness (QED) is 0.510. The van der Waals surface area contributed by atoms with Gasteiger partial charge in [-0.3, -0.25) is 4.99 Å². The van der Waals surface area contributed by atoms with Gasteiger partial charge in [-0.25, -0.2) is 9.97 Å². The van der Waals surface area contributed by atoms with E-state index in [1.54, 1.807) is 24.7 Å². The van der Waals surface area contributed by atoms with Gasteiger partial charge >= 0.3 is 6.01 Å². The van der Waals surface area contributed by atoms with Crippen molar-refractivity contribution in [3.05, 3.63) is 48.3 Å². The maximum absolute atomic E-state index is 5.35. The standard InChI is InChI=1S/C14H15N5O/c1-11-4-2-5-12(8-11)18-9-13(19-15)10-20-14-16-6-3-7-17-14/h2-9H,10,15H2,1H3. The number of nitrogens with two attached hydrogens (primary N) is 1. The molecule has 102 valence electrons. The molecule has 6 heteroatoms. The summed E-state index contributed by atoms with van der Waals surface area (Å²) in [5, 5.41) is 3.63. The number of benzene rings is 1. The van der Waals surface area contributed by atoms with Gasteiger partial charge in [-0.05, 0) is 30.7 Å². The Hall–Kier alpha value is -2.76. The van der Waals surface area contributed by atoms with Crippen molar-refractivity contribution in [3.63, 3.8) is 0 Å². The molecule has 0 aliphatic heterocycles. The average molecular weight is 269 g/mol. The Morgan fingerprint density at radius 3 is 2.80 bits per heavy atom. The molecule has 0 fully saturated rings. The molecule has 0 unspecified atom stereocenters. The average Bonchev–Trinajstić information content (AvgIpc) is 2.48. The summed E-state index contributed by atoms with van der Waals surface area (Å²) in [6.07, 6.45) is 4.77. The molecule has 0 saturated heterocycles. The minimum absolute atomic E-state index is 0.163. The molecule has 2 N–H and O–H groups in total. The van der Waals surface area contributed by atoms with Crippen molar-refractivity contribution in [1.29, 1.82) is 0 Å². The van der Waals surface area contributed by atoms with E-state index in [-0.39, 0.29) is 12.6 Å². The van der Waals surface area contributed by atoms with Crippen molar-refractivity contribution in [2.45, 2.75) is 6.92 Å². The van der Waals surface area contributed by atoms with Crippen LogP contribution in [-0.4, -0.2) is 28.5 Å². The van der Waals surface area contributed by atoms with Crippen LogP contribution in [0.4, 0.5) is 5.69 Å². The summed E-state index contributed by atoms with van der Waals surface area (Å²) < 4.78 is 5.35. The zero-order chi connectivity index (χ0) is 14.2. The van der Waals surface area contributed by atoms with Crippen LogP contribution in [-0.2, 0) is 0 Å². The van der Waals surface area contributed by atoms with Gasteiger partial charge in [0.05, 0.1) is 11.9 Å². The fraction of sp³-hybridized carbons (Fsp3) is 0.143. The number of ether oxygens (including phenoxy) is 1. The predicted molar refractivity (Wildman–Crippen MR) is 78.5 cm³/mol. The second-order valence-corrected chi connectivity index (χ2v) is 4.04. The molecular weight excluding hydrogens is 254 g/mol. The van der Waals surface area contributed by atoms with Gasteiger partial charge in [-0.1, -0.05) is 12.1 Å². The molecule has 1 heterocycles. The molecule has 0 amide bonds. The fourth-order valence-electron chi connectivity index (χ4n) is 1.46. The highest BCUT2D eigenvalue weighted by atomic mass is 16.5. The summed E-state index contributed by atoms with van der Waals surface area (Å²) in [7, 11) is 0. The van der Waals surface area contributed by atoms with Crippen molar-refractivity contribution in [2.24, 2.45) is 15.9 Å². The first-order valence-corrected chi connectivity index (χ1v) is 6.05. The lowest BCUT2D eigenvalue weighted by Gasteiger charge is -2.02. The normalized spacial score (nSPS) is 11.8. The second-order valence-electron chi connectivity index (χ2n) is 4.04. The molecule has 0 aliphatic carbocycles. The van der Waals surface area contributed by atoms with E-state index in [1.807, 2.05) is 31.2 Å². The van der Waals surface area contributed by atoms with Crippen molar-refractivity contribution in [1.82, 2.24) is 9.97 Å². The lowest BCUT2D eigenvalue weighted by molar-refractivity contribution is 0.346. The molecule has 20 heavy (non-hydrogen) atoms. The van der Waals surface area contributed by atoms with E-state index in [0.29, 0.717) is 5.71 Å². The third-order valence-electron chi connectivity index (χ3n) is 2.42. The van der Waals surface area contributed by atoms with Gasteiger partial charge < -0.3 is 10.6 Å². The lowest BCUT2D eigenvalue weighted by Crippen LogP contribution is -2.15. The van der Waals surface area contributed by atoms with E-state index in [2.05, 4.69) is 20.1 Å². The summed E-state index contributed by atoms with van der Waals surface area (Å²) in [6.45, 7) is 2.17. The Bertz CT molecular complexity index is 610. The maximum atomic E-state index is 5.35. The van der Waals surface area contributed by atoms with Crippen LogP contribution in [0, 0.1) is 6.92 Å². The van der Waals surface area contributed by atoms with Crippen molar-refractivity contribution < 1.29 is 4.74 Å². The fourth-order valence-corrected chi connectivity index (χ4v) is 1.46. The smallest absolute Gasteiger partial charge is 0.316 e. The largest absolute Gasteiger partial charge is 0.457 e. The highest BCUT2D eigenvalue weighted by Gasteiger charge is 2.00. The van der Waals surface area contributed by atoms with Crippen LogP contribution >= 0.6 is 0 Å². The van der Waals surface area contributed by atoms with Crippen LogP contribution in [0.5, 0.6) is 6.01 Å². The molecular formula is C14H15N5O. The first kappa shape index (κ1) is 13.7. The number of hydrogen-bond donors (Lipinski definition) is 1. The molecule has 6 nitrogen and oxygen atoms in total. The van der Waals surface area contributed by atoms with Crippen LogP contribution in [0.1, 0.15) is 5.56 Å². The van der Waals surface area contributed by atoms with Crippen LogP contribution in [0.15, 0.2) is 52.8 Å². The molecule has 0 atom stereocenters. The Labute approximate surface area is 117 Å². The number of hydrazone groups is 1. The van der Waals surface area contributed by atoms with Gasteiger partial charge in [-0.15, -0.1) is 0 Å². The molecule has 2 rings (SSSR count). The van der Waals surface area contributed by atoms with E-state index in [9.17, 15) is 0 Å². The van der Waals surface area contributed by atoms with E-state index in [1.165, 1.54) is 0 Å². The monoisotopic (exact) mass is 269 g/mol. The van der Waals surface area contributed by atoms with Gasteiger partial charge in [-0.2, -0.15) is 5.10 Å². The van der Waals surface area contributed by atoms with Crippen LogP contribution in [0.2, 0.25) is 0 Å². The lowest BCUT2D eigenvalue weighted by atomic mass is 10.2. The van der Waals surface area contributed by atoms with Gasteiger partial charge in [0.1, 0.15) is 12.3 Å². The molecule has 0 saturated carbocycles. The Balaban J connectivity index is 1.96. The molecule has 0 radical (unpaired) electrons. The number of aromatic nitrogens is 2. The molecule has 0 bridgehead atoms. The minimum Gasteiger partial charge on any atom is -0.457 e. The number of aliphatic imine (C=N–C) groups is 1. The topological polar surface area (TPSA) is 85.8 Å². The van der Waals surface area contributed by atoms with Crippen molar-refractivity contribution >= 4 is 17.6 Å². The van der Waals surface area contributed by atoms with E-state index < -0.39 is 0 Å². The van der Waals surface area contributed by atoms with E-state index in [4.69, 9.17) is 10.6 Å². The Morgan fingerprint density at radius 1 is 1.30 bits per heavy atom. The Morgan fingerprint density at radius 2 is 2.10 bits per heavy atom. The molecule has 1 aromatic heterocycles. The molecule has 0 aliphatic rings. The number of aryl methyl sites for hydroxylation is 1. The number of rotatable bonds is 5. The SMILES string of the molecule is Cc1cccc(N=CC(COc2ncccn2)=NN)c1. The van der Waals surface area contributed by atoms with Gasteiger partial charge in [0.2, 0.25) is 0 Å². The molecule has 1 aromatic carbocycles. The summed E-state index contributed by atoms with van der Waals surface area (Å²) in [5.41, 5.74) is 2.47. The van der Waals surface area contributed by atoms with Crippen molar-refractivity contribution in [2.75, 3.05) is 6.61 Å². The predicted octanol–water partition coefficient (Wildman–Crippen LogP) is 1.88. The third-order valence-corrected chi connectivity index (χ3v) is 2.42. The van der Waals surface area contributed by atoms with Gasteiger partial charge in [0.15, 0.2) is 0 Å². The van der Waals surface area contributed by atoms with Crippen LogP contribution in [0.3, 0.4) is 0 Å². The highest BCUT2D eigenvalue weighted by Crippen LogP contribution is 2.12. The first-order chi connectivity index (χ1) is 9.78. The third kappa shape index (κ3) is 4.16. The van der Waals surface area contributed by atoms with Crippen LogP contribution < -0.4 is 10.6 Å². The van der Waals surface area contributed by atoms with Crippen molar-refractivity contribution in [3.8, 4) is 6.01 Å². The summed E-state index contributed by atoms with van der Waals surface area (Å²) >= 11 is 0. The Kier molecular flexibility index (Phi) is 4.77. The molecule has 0 spiro atoms. The maximum Gasteiger partial charge on any atom is 0.316 e. The summed E-state index contributed by atoms with van der Waals surface area (Å²) in [6, 6.07) is 9.80. The second kappa shape index (κ2) is 6.98. The van der Waals surface area contributed by atoms with Gasteiger partial charge in [0, 0.05) is 12.4 Å². The summed E-state index contributed by atoms with van der Waals surface area (Å²) in [5.74, 6) is 5.31. The van der Waals surface area contributed by atoms with E-state index >= 15 is 0 Å². The molecule has 2 aromatic rings. The van der Waals surface area contributed by atoms with E-state index in [0.717, 1.165) is 11.3 Å². The zero-order valence-electron chi connectivity index (χ0n) is 11.1.